The third-order valence-electron chi connectivity index (χ3n) is 2.76. The average molecular weight is 346 g/mol. The second-order valence-electron chi connectivity index (χ2n) is 4.90. The summed E-state index contributed by atoms with van der Waals surface area (Å²) in [6.07, 6.45) is 0.788. The molecule has 0 saturated heterocycles. The van der Waals surface area contributed by atoms with Crippen LogP contribution in [0.5, 0.6) is 0 Å². The summed E-state index contributed by atoms with van der Waals surface area (Å²) in [5, 5.41) is 0.139. The monoisotopic (exact) mass is 345 g/mol. The summed E-state index contributed by atoms with van der Waals surface area (Å²) in [5.41, 5.74) is 6.00. The van der Waals surface area contributed by atoms with Gasteiger partial charge in [-0.15, -0.1) is 15.7 Å². The predicted molar refractivity (Wildman–Crippen MR) is 90.1 cm³/mol. The van der Waals surface area contributed by atoms with E-state index < -0.39 is 11.1 Å². The lowest BCUT2D eigenvalue weighted by Crippen LogP contribution is -2.09. The number of hydrogen-bond donors (Lipinski definition) is 3. The molecule has 0 fully saturated rings. The van der Waals surface area contributed by atoms with Crippen LogP contribution in [0.2, 0.25) is 0 Å². The molecule has 0 bridgehead atoms. The van der Waals surface area contributed by atoms with Crippen molar-refractivity contribution in [2.24, 2.45) is 4.99 Å². The van der Waals surface area contributed by atoms with Crippen LogP contribution in [0, 0.1) is 0 Å². The predicted octanol–water partition coefficient (Wildman–Crippen LogP) is 1.80. The summed E-state index contributed by atoms with van der Waals surface area (Å²) >= 11 is 4.92. The SMILES string of the molecule is CN(C)Cc1ccc(C(S)CCN=c2[nH][s+]([O-])nc2N)s1. The first-order chi connectivity index (χ1) is 9.95. The van der Waals surface area contributed by atoms with Crippen LogP contribution in [0.3, 0.4) is 0 Å². The minimum atomic E-state index is -1.48. The number of nitrogens with one attached hydrogen (secondary N) is 1. The van der Waals surface area contributed by atoms with Crippen molar-refractivity contribution < 1.29 is 4.55 Å². The highest BCUT2D eigenvalue weighted by Gasteiger charge is 2.10. The molecule has 0 saturated carbocycles. The molecule has 21 heavy (non-hydrogen) atoms. The summed E-state index contributed by atoms with van der Waals surface area (Å²) in [6.45, 7) is 1.50. The number of aromatic nitrogens is 2. The Morgan fingerprint density at radius 2 is 2.33 bits per heavy atom. The van der Waals surface area contributed by atoms with Crippen molar-refractivity contribution in [1.82, 2.24) is 13.6 Å². The number of nitrogens with zero attached hydrogens (tertiary/aromatic N) is 3. The molecule has 3 N–H and O–H groups in total. The summed E-state index contributed by atoms with van der Waals surface area (Å²) < 4.78 is 17.4. The topological polar surface area (TPSA) is 93.4 Å². The van der Waals surface area contributed by atoms with E-state index in [1.165, 1.54) is 9.75 Å². The van der Waals surface area contributed by atoms with E-state index in [1.54, 1.807) is 11.3 Å². The molecule has 6 nitrogen and oxygen atoms in total. The zero-order valence-corrected chi connectivity index (χ0v) is 14.5. The van der Waals surface area contributed by atoms with Gasteiger partial charge in [0.2, 0.25) is 11.3 Å². The highest BCUT2D eigenvalue weighted by atomic mass is 32.2. The molecule has 0 amide bonds. The van der Waals surface area contributed by atoms with Crippen LogP contribution in [0.25, 0.3) is 0 Å². The summed E-state index contributed by atoms with van der Waals surface area (Å²) in [7, 11) is 4.11. The number of rotatable bonds is 6. The Hall–Kier alpha value is -0.870. The summed E-state index contributed by atoms with van der Waals surface area (Å²) in [4.78, 5) is 8.98. The fourth-order valence-electron chi connectivity index (χ4n) is 1.81. The number of anilines is 1. The molecule has 0 aliphatic heterocycles. The van der Waals surface area contributed by atoms with Gasteiger partial charge in [-0.1, -0.05) is 0 Å². The van der Waals surface area contributed by atoms with E-state index in [0.29, 0.717) is 12.0 Å². The van der Waals surface area contributed by atoms with Gasteiger partial charge in [-0.25, -0.2) is 0 Å². The van der Waals surface area contributed by atoms with E-state index >= 15 is 0 Å². The van der Waals surface area contributed by atoms with E-state index in [0.717, 1.165) is 13.0 Å². The van der Waals surface area contributed by atoms with Gasteiger partial charge in [-0.2, -0.15) is 12.6 Å². The number of nitrogen functional groups attached to an aromatic ring is 1. The van der Waals surface area contributed by atoms with Crippen molar-refractivity contribution in [2.75, 3.05) is 26.4 Å². The fourth-order valence-corrected chi connectivity index (χ4v) is 3.97. The van der Waals surface area contributed by atoms with E-state index in [9.17, 15) is 4.55 Å². The molecule has 116 valence electrons. The van der Waals surface area contributed by atoms with Gasteiger partial charge in [0.1, 0.15) is 0 Å². The number of thiophene rings is 1. The molecule has 0 spiro atoms. The molecule has 0 radical (unpaired) electrons. The molecule has 2 heterocycles. The Morgan fingerprint density at radius 3 is 2.95 bits per heavy atom. The van der Waals surface area contributed by atoms with Crippen molar-refractivity contribution >= 4 is 40.9 Å². The minimum absolute atomic E-state index is 0.139. The fraction of sp³-hybridized carbons (Fsp3) is 0.500. The molecular formula is C12H19N5OS3. The lowest BCUT2D eigenvalue weighted by atomic mass is 10.2. The van der Waals surface area contributed by atoms with Crippen molar-refractivity contribution in [1.29, 1.82) is 0 Å². The van der Waals surface area contributed by atoms with Crippen LogP contribution in [0.1, 0.15) is 21.4 Å². The number of aromatic amines is 1. The minimum Gasteiger partial charge on any atom is -0.548 e. The Kier molecular flexibility index (Phi) is 5.82. The first kappa shape index (κ1) is 16.5. The standard InChI is InChI=1S/C12H19N5OS3/c1-17(2)7-8-3-4-10(20-8)9(19)5-6-14-12-11(13)15-21(18)16-12/h3-4,9,19H,5-7H2,1-2H3,(H2,13,15)(H,14,16). The van der Waals surface area contributed by atoms with E-state index in [4.69, 9.17) is 5.73 Å². The smallest absolute Gasteiger partial charge is 0.229 e. The maximum atomic E-state index is 11.1. The number of nitrogens with two attached hydrogens (primary N) is 1. The Bertz CT molecular complexity index is 645. The molecule has 2 rings (SSSR count). The van der Waals surface area contributed by atoms with Crippen LogP contribution in [0.4, 0.5) is 5.82 Å². The molecule has 0 aromatic carbocycles. The maximum absolute atomic E-state index is 11.1. The van der Waals surface area contributed by atoms with E-state index in [1.807, 2.05) is 0 Å². The highest BCUT2D eigenvalue weighted by Crippen LogP contribution is 2.30. The summed E-state index contributed by atoms with van der Waals surface area (Å²) in [6, 6.07) is 4.26. The van der Waals surface area contributed by atoms with Gasteiger partial charge in [0.15, 0.2) is 11.1 Å². The van der Waals surface area contributed by atoms with Crippen LogP contribution < -0.4 is 11.2 Å². The lowest BCUT2D eigenvalue weighted by Gasteiger charge is -2.07. The van der Waals surface area contributed by atoms with Crippen molar-refractivity contribution in [2.45, 2.75) is 18.2 Å². The zero-order chi connectivity index (χ0) is 15.4. The van der Waals surface area contributed by atoms with Crippen molar-refractivity contribution in [3.63, 3.8) is 0 Å². The molecular weight excluding hydrogens is 326 g/mol. The molecule has 0 aliphatic rings. The van der Waals surface area contributed by atoms with E-state index in [-0.39, 0.29) is 11.1 Å². The normalized spacial score (nSPS) is 14.9. The van der Waals surface area contributed by atoms with Crippen molar-refractivity contribution in [3.8, 4) is 0 Å². The molecule has 2 aromatic rings. The Labute approximate surface area is 136 Å². The third-order valence-corrected chi connectivity index (χ3v) is 5.39. The number of H-pyrrole nitrogens is 1. The quantitative estimate of drug-likeness (QED) is 0.550. The van der Waals surface area contributed by atoms with Gasteiger partial charge >= 0.3 is 0 Å². The first-order valence-corrected chi connectivity index (χ1v) is 8.88. The Morgan fingerprint density at radius 1 is 1.57 bits per heavy atom. The van der Waals surface area contributed by atoms with Crippen LogP contribution in [-0.2, 0) is 6.54 Å². The Balaban J connectivity index is 1.92. The summed E-state index contributed by atoms with van der Waals surface area (Å²) in [5.74, 6) is 0.202. The number of thiol groups is 1. The van der Waals surface area contributed by atoms with Crippen LogP contribution in [-0.4, -0.2) is 38.8 Å². The van der Waals surface area contributed by atoms with Gasteiger partial charge in [-0.05, 0) is 32.6 Å². The maximum Gasteiger partial charge on any atom is 0.229 e. The number of hydrogen-bond acceptors (Lipinski definition) is 7. The molecule has 2 atom stereocenters. The van der Waals surface area contributed by atoms with E-state index in [2.05, 4.69) is 57.5 Å². The average Bonchev–Trinajstić information content (AvgIpc) is 2.96. The second kappa shape index (κ2) is 7.41. The molecule has 2 aromatic heterocycles. The second-order valence-corrected chi connectivity index (χ2v) is 7.61. The van der Waals surface area contributed by atoms with Crippen LogP contribution >= 0.6 is 35.1 Å². The lowest BCUT2D eigenvalue weighted by molar-refractivity contribution is 0.406. The van der Waals surface area contributed by atoms with Gasteiger partial charge in [-0.3, -0.25) is 4.99 Å². The molecule has 0 aliphatic carbocycles. The molecule has 9 heteroatoms. The van der Waals surface area contributed by atoms with Gasteiger partial charge < -0.3 is 15.2 Å². The molecule has 2 unspecified atom stereocenters. The largest absolute Gasteiger partial charge is 0.548 e. The van der Waals surface area contributed by atoms with Gasteiger partial charge in [0, 0.05) is 32.5 Å². The van der Waals surface area contributed by atoms with Crippen LogP contribution in [0.15, 0.2) is 17.1 Å². The van der Waals surface area contributed by atoms with Gasteiger partial charge in [0.25, 0.3) is 0 Å². The third kappa shape index (κ3) is 4.82. The first-order valence-electron chi connectivity index (χ1n) is 6.44. The van der Waals surface area contributed by atoms with Crippen molar-refractivity contribution in [3.05, 3.63) is 27.4 Å². The highest BCUT2D eigenvalue weighted by molar-refractivity contribution is 7.80. The van der Waals surface area contributed by atoms with Gasteiger partial charge in [0.05, 0.1) is 0 Å². The zero-order valence-electron chi connectivity index (χ0n) is 11.9.